The molecule has 0 spiro atoms. The molecular weight excluding hydrogens is 252 g/mol. The normalized spacial score (nSPS) is 11.2. The summed E-state index contributed by atoms with van der Waals surface area (Å²) in [6.07, 6.45) is 3.70. The summed E-state index contributed by atoms with van der Waals surface area (Å²) in [5.74, 6) is 0. The lowest BCUT2D eigenvalue weighted by Crippen LogP contribution is -2.43. The van der Waals surface area contributed by atoms with Gasteiger partial charge in [0, 0.05) is 29.9 Å². The van der Waals surface area contributed by atoms with Crippen molar-refractivity contribution in [3.05, 3.63) is 36.7 Å². The summed E-state index contributed by atoms with van der Waals surface area (Å²) >= 11 is 0. The molecule has 0 radical (unpaired) electrons. The van der Waals surface area contributed by atoms with E-state index in [0.29, 0.717) is 0 Å². The Morgan fingerprint density at radius 3 is 2.55 bits per heavy atom. The first kappa shape index (κ1) is 14.1. The lowest BCUT2D eigenvalue weighted by atomic mass is 10.1. The van der Waals surface area contributed by atoms with Gasteiger partial charge in [-0.05, 0) is 26.8 Å². The Morgan fingerprint density at radius 1 is 1.25 bits per heavy atom. The predicted octanol–water partition coefficient (Wildman–Crippen LogP) is 3.01. The van der Waals surface area contributed by atoms with E-state index < -0.39 is 0 Å². The van der Waals surface area contributed by atoms with Gasteiger partial charge < -0.3 is 10.6 Å². The minimum absolute atomic E-state index is 0.214. The van der Waals surface area contributed by atoms with Crippen LogP contribution in [-0.2, 0) is 7.05 Å². The smallest absolute Gasteiger partial charge is 0.319 e. The second-order valence-electron chi connectivity index (χ2n) is 5.78. The van der Waals surface area contributed by atoms with Crippen LogP contribution in [0, 0.1) is 0 Å². The molecule has 0 bridgehead atoms. The summed E-state index contributed by atoms with van der Waals surface area (Å²) in [4.78, 5) is 12.0. The van der Waals surface area contributed by atoms with Gasteiger partial charge in [0.25, 0.3) is 0 Å². The first-order chi connectivity index (χ1) is 9.35. The van der Waals surface area contributed by atoms with Gasteiger partial charge in [0.15, 0.2) is 0 Å². The fourth-order valence-electron chi connectivity index (χ4n) is 1.90. The SMILES string of the molecule is Cn1cc(-c2ccccc2NC(=O)NC(C)(C)C)cn1. The van der Waals surface area contributed by atoms with E-state index in [1.54, 1.807) is 10.9 Å². The number of nitrogens with zero attached hydrogens (tertiary/aromatic N) is 2. The van der Waals surface area contributed by atoms with Crippen molar-refractivity contribution in [2.75, 3.05) is 5.32 Å². The summed E-state index contributed by atoms with van der Waals surface area (Å²) < 4.78 is 1.74. The molecule has 0 aliphatic heterocycles. The molecule has 0 saturated carbocycles. The summed E-state index contributed by atoms with van der Waals surface area (Å²) in [5, 5.41) is 9.93. The van der Waals surface area contributed by atoms with Gasteiger partial charge in [-0.25, -0.2) is 4.79 Å². The quantitative estimate of drug-likeness (QED) is 0.883. The highest BCUT2D eigenvalue weighted by atomic mass is 16.2. The minimum atomic E-state index is -0.271. The van der Waals surface area contributed by atoms with Crippen molar-refractivity contribution in [1.29, 1.82) is 0 Å². The number of benzene rings is 1. The fraction of sp³-hybridized carbons (Fsp3) is 0.333. The third-order valence-corrected chi connectivity index (χ3v) is 2.68. The summed E-state index contributed by atoms with van der Waals surface area (Å²) in [5.41, 5.74) is 2.42. The molecule has 0 saturated heterocycles. The van der Waals surface area contributed by atoms with Crippen molar-refractivity contribution in [3.8, 4) is 11.1 Å². The lowest BCUT2D eigenvalue weighted by molar-refractivity contribution is 0.244. The maximum Gasteiger partial charge on any atom is 0.319 e. The van der Waals surface area contributed by atoms with Gasteiger partial charge in [-0.1, -0.05) is 18.2 Å². The van der Waals surface area contributed by atoms with Crippen LogP contribution in [0.25, 0.3) is 11.1 Å². The topological polar surface area (TPSA) is 59.0 Å². The highest BCUT2D eigenvalue weighted by Crippen LogP contribution is 2.27. The molecule has 1 heterocycles. The average molecular weight is 272 g/mol. The van der Waals surface area contributed by atoms with Crippen molar-refractivity contribution in [2.45, 2.75) is 26.3 Å². The molecule has 2 aromatic rings. The van der Waals surface area contributed by atoms with Crippen LogP contribution in [0.15, 0.2) is 36.7 Å². The van der Waals surface area contributed by atoms with Crippen LogP contribution in [-0.4, -0.2) is 21.4 Å². The van der Waals surface area contributed by atoms with Gasteiger partial charge >= 0.3 is 6.03 Å². The largest absolute Gasteiger partial charge is 0.333 e. The second-order valence-corrected chi connectivity index (χ2v) is 5.78. The van der Waals surface area contributed by atoms with Crippen molar-refractivity contribution in [2.24, 2.45) is 7.05 Å². The van der Waals surface area contributed by atoms with Crippen LogP contribution >= 0.6 is 0 Å². The van der Waals surface area contributed by atoms with Crippen LogP contribution in [0.2, 0.25) is 0 Å². The Balaban J connectivity index is 2.23. The van der Waals surface area contributed by atoms with Gasteiger partial charge in [-0.3, -0.25) is 4.68 Å². The fourth-order valence-corrected chi connectivity index (χ4v) is 1.90. The zero-order valence-corrected chi connectivity index (χ0v) is 12.3. The maximum atomic E-state index is 12.0. The highest BCUT2D eigenvalue weighted by molar-refractivity contribution is 5.94. The zero-order chi connectivity index (χ0) is 14.8. The Labute approximate surface area is 119 Å². The second kappa shape index (κ2) is 5.36. The maximum absolute atomic E-state index is 12.0. The summed E-state index contributed by atoms with van der Waals surface area (Å²) in [6, 6.07) is 7.46. The number of hydrogen-bond acceptors (Lipinski definition) is 2. The molecule has 1 aromatic carbocycles. The Hall–Kier alpha value is -2.30. The standard InChI is InChI=1S/C15H20N4O/c1-15(2,3)18-14(20)17-13-8-6-5-7-12(13)11-9-16-19(4)10-11/h5-10H,1-4H3,(H2,17,18,20). The number of nitrogens with one attached hydrogen (secondary N) is 2. The van der Waals surface area contributed by atoms with E-state index >= 15 is 0 Å². The molecule has 1 aromatic heterocycles. The molecular formula is C15H20N4O. The molecule has 2 amide bonds. The number of hydrogen-bond donors (Lipinski definition) is 2. The first-order valence-electron chi connectivity index (χ1n) is 6.52. The van der Waals surface area contributed by atoms with Gasteiger partial charge in [-0.15, -0.1) is 0 Å². The molecule has 0 aliphatic rings. The van der Waals surface area contributed by atoms with E-state index in [-0.39, 0.29) is 11.6 Å². The van der Waals surface area contributed by atoms with Crippen molar-refractivity contribution < 1.29 is 4.79 Å². The number of rotatable bonds is 2. The molecule has 2 N–H and O–H groups in total. The molecule has 106 valence electrons. The predicted molar refractivity (Wildman–Crippen MR) is 80.6 cm³/mol. The van der Waals surface area contributed by atoms with Gasteiger partial charge in [0.05, 0.1) is 11.9 Å². The van der Waals surface area contributed by atoms with E-state index in [0.717, 1.165) is 16.8 Å². The van der Waals surface area contributed by atoms with Crippen LogP contribution in [0.5, 0.6) is 0 Å². The number of aryl methyl sites for hydroxylation is 1. The average Bonchev–Trinajstić information content (AvgIpc) is 2.74. The van der Waals surface area contributed by atoms with E-state index in [9.17, 15) is 4.79 Å². The third-order valence-electron chi connectivity index (χ3n) is 2.68. The number of amides is 2. The molecule has 0 atom stereocenters. The number of carbonyl (C=O) groups is 1. The van der Waals surface area contributed by atoms with Crippen LogP contribution < -0.4 is 10.6 Å². The minimum Gasteiger partial charge on any atom is -0.333 e. The molecule has 5 nitrogen and oxygen atoms in total. The molecule has 0 fully saturated rings. The summed E-state index contributed by atoms with van der Waals surface area (Å²) in [6.45, 7) is 5.83. The Morgan fingerprint density at radius 2 is 1.95 bits per heavy atom. The van der Waals surface area contributed by atoms with Crippen molar-refractivity contribution in [3.63, 3.8) is 0 Å². The monoisotopic (exact) mass is 272 g/mol. The number of anilines is 1. The molecule has 0 unspecified atom stereocenters. The number of para-hydroxylation sites is 1. The lowest BCUT2D eigenvalue weighted by Gasteiger charge is -2.21. The van der Waals surface area contributed by atoms with Gasteiger partial charge in [0.1, 0.15) is 0 Å². The van der Waals surface area contributed by atoms with Crippen molar-refractivity contribution in [1.82, 2.24) is 15.1 Å². The zero-order valence-electron chi connectivity index (χ0n) is 12.3. The van der Waals surface area contributed by atoms with Crippen molar-refractivity contribution >= 4 is 11.7 Å². The molecule has 0 aliphatic carbocycles. The third kappa shape index (κ3) is 3.60. The first-order valence-corrected chi connectivity index (χ1v) is 6.52. The molecule has 5 heteroatoms. The van der Waals surface area contributed by atoms with Gasteiger partial charge in [0.2, 0.25) is 0 Å². The van der Waals surface area contributed by atoms with E-state index in [2.05, 4.69) is 15.7 Å². The number of carbonyl (C=O) groups excluding carboxylic acids is 1. The Kier molecular flexibility index (Phi) is 3.79. The van der Waals surface area contributed by atoms with E-state index in [4.69, 9.17) is 0 Å². The highest BCUT2D eigenvalue weighted by Gasteiger charge is 2.15. The van der Waals surface area contributed by atoms with E-state index in [1.807, 2.05) is 58.3 Å². The van der Waals surface area contributed by atoms with Crippen LogP contribution in [0.3, 0.4) is 0 Å². The van der Waals surface area contributed by atoms with E-state index in [1.165, 1.54) is 0 Å². The molecule has 20 heavy (non-hydrogen) atoms. The van der Waals surface area contributed by atoms with Crippen LogP contribution in [0.1, 0.15) is 20.8 Å². The number of urea groups is 1. The van der Waals surface area contributed by atoms with Crippen LogP contribution in [0.4, 0.5) is 10.5 Å². The number of aromatic nitrogens is 2. The summed E-state index contributed by atoms with van der Waals surface area (Å²) in [7, 11) is 1.87. The Bertz CT molecular complexity index is 610. The molecule has 2 rings (SSSR count). The van der Waals surface area contributed by atoms with Gasteiger partial charge in [-0.2, -0.15) is 5.10 Å².